The van der Waals surface area contributed by atoms with Gasteiger partial charge >= 0.3 is 0 Å². The molecule has 0 bridgehead atoms. The smallest absolute Gasteiger partial charge is 0.230 e. The first kappa shape index (κ1) is 13.6. The monoisotopic (exact) mass is 272 g/mol. The lowest BCUT2D eigenvalue weighted by Crippen LogP contribution is -2.39. The Labute approximate surface area is 121 Å². The first-order chi connectivity index (χ1) is 9.54. The second-order valence-electron chi connectivity index (χ2n) is 6.62. The normalized spacial score (nSPS) is 30.9. The zero-order valence-corrected chi connectivity index (χ0v) is 12.7. The fourth-order valence-corrected chi connectivity index (χ4v) is 3.88. The molecule has 0 N–H and O–H groups in total. The second-order valence-corrected chi connectivity index (χ2v) is 6.62. The Bertz CT molecular complexity index is 499. The van der Waals surface area contributed by atoms with Crippen molar-refractivity contribution in [1.82, 2.24) is 9.80 Å². The van der Waals surface area contributed by atoms with Gasteiger partial charge in [-0.15, -0.1) is 0 Å². The zero-order chi connectivity index (χ0) is 14.3. The highest BCUT2D eigenvalue weighted by molar-refractivity contribution is 5.86. The lowest BCUT2D eigenvalue weighted by molar-refractivity contribution is -0.135. The minimum atomic E-state index is -0.194. The molecule has 1 aromatic carbocycles. The maximum Gasteiger partial charge on any atom is 0.230 e. The fraction of sp³-hybridized carbons (Fsp3) is 0.588. The van der Waals surface area contributed by atoms with Crippen LogP contribution in [0.25, 0.3) is 0 Å². The molecule has 1 aromatic rings. The molecule has 2 aliphatic rings. The van der Waals surface area contributed by atoms with Crippen molar-refractivity contribution in [2.24, 2.45) is 5.41 Å². The molecule has 1 spiro atoms. The maximum absolute atomic E-state index is 12.8. The van der Waals surface area contributed by atoms with Crippen LogP contribution >= 0.6 is 0 Å². The molecule has 0 radical (unpaired) electrons. The van der Waals surface area contributed by atoms with Crippen LogP contribution in [0.5, 0.6) is 0 Å². The first-order valence-corrected chi connectivity index (χ1v) is 7.59. The summed E-state index contributed by atoms with van der Waals surface area (Å²) >= 11 is 0. The summed E-state index contributed by atoms with van der Waals surface area (Å²) in [6.07, 6.45) is 0.991. The van der Waals surface area contributed by atoms with E-state index in [2.05, 4.69) is 43.0 Å². The summed E-state index contributed by atoms with van der Waals surface area (Å²) in [4.78, 5) is 17.2. The molecule has 0 unspecified atom stereocenters. The number of carbonyl (C=O) groups is 1. The van der Waals surface area contributed by atoms with Crippen LogP contribution in [-0.2, 0) is 4.79 Å². The van der Waals surface area contributed by atoms with Crippen molar-refractivity contribution in [3.05, 3.63) is 35.9 Å². The van der Waals surface area contributed by atoms with Gasteiger partial charge in [-0.3, -0.25) is 9.69 Å². The zero-order valence-electron chi connectivity index (χ0n) is 12.7. The number of nitrogens with zero attached hydrogens (tertiary/aromatic N) is 2. The Morgan fingerprint density at radius 3 is 2.50 bits per heavy atom. The summed E-state index contributed by atoms with van der Waals surface area (Å²) in [5.74, 6) is 0.679. The minimum Gasteiger partial charge on any atom is -0.345 e. The number of amides is 1. The van der Waals surface area contributed by atoms with E-state index in [9.17, 15) is 4.79 Å². The van der Waals surface area contributed by atoms with Crippen LogP contribution in [0.15, 0.2) is 30.3 Å². The van der Waals surface area contributed by atoms with E-state index in [0.29, 0.717) is 17.9 Å². The molecule has 2 fully saturated rings. The molecule has 0 aliphatic carbocycles. The van der Waals surface area contributed by atoms with E-state index in [4.69, 9.17) is 0 Å². The Hall–Kier alpha value is -1.35. The van der Waals surface area contributed by atoms with Gasteiger partial charge in [0.15, 0.2) is 0 Å². The lowest BCUT2D eigenvalue weighted by Gasteiger charge is -2.28. The third kappa shape index (κ3) is 1.96. The van der Waals surface area contributed by atoms with Gasteiger partial charge in [-0.2, -0.15) is 0 Å². The number of carbonyl (C=O) groups excluding carboxylic acids is 1. The van der Waals surface area contributed by atoms with E-state index in [0.717, 1.165) is 26.1 Å². The Morgan fingerprint density at radius 2 is 1.95 bits per heavy atom. The Balaban J connectivity index is 1.99. The molecule has 0 saturated carbocycles. The van der Waals surface area contributed by atoms with E-state index in [-0.39, 0.29) is 5.41 Å². The molecule has 1 amide bonds. The van der Waals surface area contributed by atoms with Crippen molar-refractivity contribution in [1.29, 1.82) is 0 Å². The summed E-state index contributed by atoms with van der Waals surface area (Å²) in [6, 6.07) is 11.1. The van der Waals surface area contributed by atoms with Gasteiger partial charge in [0, 0.05) is 38.6 Å². The van der Waals surface area contributed by atoms with Crippen molar-refractivity contribution in [2.45, 2.75) is 32.2 Å². The van der Waals surface area contributed by atoms with E-state index >= 15 is 0 Å². The molecule has 108 valence electrons. The fourth-order valence-electron chi connectivity index (χ4n) is 3.88. The van der Waals surface area contributed by atoms with Gasteiger partial charge in [-0.05, 0) is 25.8 Å². The molecule has 3 rings (SSSR count). The molecule has 20 heavy (non-hydrogen) atoms. The highest BCUT2D eigenvalue weighted by Crippen LogP contribution is 2.49. The number of hydrogen-bond acceptors (Lipinski definition) is 2. The lowest BCUT2D eigenvalue weighted by atomic mass is 9.73. The summed E-state index contributed by atoms with van der Waals surface area (Å²) in [5, 5.41) is 0. The average Bonchev–Trinajstić information content (AvgIpc) is 2.97. The quantitative estimate of drug-likeness (QED) is 0.825. The maximum atomic E-state index is 12.8. The number of likely N-dealkylation sites (tertiary alicyclic amines) is 2. The van der Waals surface area contributed by atoms with Gasteiger partial charge in [-0.1, -0.05) is 30.3 Å². The SMILES string of the molecule is CC(C)N1C[C@@H](c2ccccc2)[C@@]2(CCN(C)C2=O)C1. The molecular weight excluding hydrogens is 248 g/mol. The topological polar surface area (TPSA) is 23.6 Å². The van der Waals surface area contributed by atoms with Gasteiger partial charge in [0.2, 0.25) is 5.91 Å². The molecule has 2 atom stereocenters. The van der Waals surface area contributed by atoms with E-state index < -0.39 is 0 Å². The predicted molar refractivity (Wildman–Crippen MR) is 80.6 cm³/mol. The summed E-state index contributed by atoms with van der Waals surface area (Å²) < 4.78 is 0. The molecule has 2 heterocycles. The Kier molecular flexibility index (Phi) is 3.33. The van der Waals surface area contributed by atoms with Crippen LogP contribution < -0.4 is 0 Å². The van der Waals surface area contributed by atoms with Gasteiger partial charge in [0.25, 0.3) is 0 Å². The van der Waals surface area contributed by atoms with Crippen molar-refractivity contribution in [2.75, 3.05) is 26.7 Å². The summed E-state index contributed by atoms with van der Waals surface area (Å²) in [5.41, 5.74) is 1.12. The van der Waals surface area contributed by atoms with Crippen molar-refractivity contribution >= 4 is 5.91 Å². The number of rotatable bonds is 2. The Morgan fingerprint density at radius 1 is 1.25 bits per heavy atom. The number of hydrogen-bond donors (Lipinski definition) is 0. The minimum absolute atomic E-state index is 0.194. The molecule has 2 aliphatic heterocycles. The average molecular weight is 272 g/mol. The van der Waals surface area contributed by atoms with E-state index in [1.165, 1.54) is 5.56 Å². The van der Waals surface area contributed by atoms with Gasteiger partial charge in [-0.25, -0.2) is 0 Å². The van der Waals surface area contributed by atoms with Crippen LogP contribution in [-0.4, -0.2) is 48.4 Å². The molecule has 2 saturated heterocycles. The summed E-state index contributed by atoms with van der Waals surface area (Å²) in [6.45, 7) is 7.26. The number of benzene rings is 1. The van der Waals surface area contributed by atoms with Crippen LogP contribution in [0.4, 0.5) is 0 Å². The third-order valence-electron chi connectivity index (χ3n) is 5.17. The third-order valence-corrected chi connectivity index (χ3v) is 5.17. The highest BCUT2D eigenvalue weighted by atomic mass is 16.2. The van der Waals surface area contributed by atoms with Crippen LogP contribution in [0, 0.1) is 5.41 Å². The second kappa shape index (κ2) is 4.88. The molecule has 0 aromatic heterocycles. The molecular formula is C17H24N2O. The van der Waals surface area contributed by atoms with Gasteiger partial charge < -0.3 is 4.90 Å². The largest absolute Gasteiger partial charge is 0.345 e. The van der Waals surface area contributed by atoms with E-state index in [1.807, 2.05) is 18.0 Å². The highest BCUT2D eigenvalue weighted by Gasteiger charge is 2.56. The van der Waals surface area contributed by atoms with Crippen molar-refractivity contribution in [3.63, 3.8) is 0 Å². The van der Waals surface area contributed by atoms with E-state index in [1.54, 1.807) is 0 Å². The van der Waals surface area contributed by atoms with Crippen molar-refractivity contribution in [3.8, 4) is 0 Å². The molecule has 3 nitrogen and oxygen atoms in total. The van der Waals surface area contributed by atoms with Crippen LogP contribution in [0.2, 0.25) is 0 Å². The van der Waals surface area contributed by atoms with Crippen LogP contribution in [0.1, 0.15) is 31.7 Å². The molecule has 3 heteroatoms. The van der Waals surface area contributed by atoms with Gasteiger partial charge in [0.1, 0.15) is 0 Å². The standard InChI is InChI=1S/C17H24N2O/c1-13(2)19-11-15(14-7-5-4-6-8-14)17(12-19)9-10-18(3)16(17)20/h4-8,13,15H,9-12H2,1-3H3/t15-,17+/m0/s1. The summed E-state index contributed by atoms with van der Waals surface area (Å²) in [7, 11) is 1.94. The predicted octanol–water partition coefficient (Wildman–Crippen LogP) is 2.34. The van der Waals surface area contributed by atoms with Gasteiger partial charge in [0.05, 0.1) is 5.41 Å². The first-order valence-electron chi connectivity index (χ1n) is 7.59. The van der Waals surface area contributed by atoms with Crippen LogP contribution in [0.3, 0.4) is 0 Å². The van der Waals surface area contributed by atoms with Crippen molar-refractivity contribution < 1.29 is 4.79 Å².